The van der Waals surface area contributed by atoms with Crippen molar-refractivity contribution in [2.24, 2.45) is 11.3 Å². The van der Waals surface area contributed by atoms with Gasteiger partial charge >= 0.3 is 12.3 Å². The van der Waals surface area contributed by atoms with Crippen molar-refractivity contribution in [3.63, 3.8) is 0 Å². The van der Waals surface area contributed by atoms with Crippen LogP contribution in [0.15, 0.2) is 18.2 Å². The number of carbonyl (C=O) groups excluding carboxylic acids is 3. The highest BCUT2D eigenvalue weighted by Gasteiger charge is 2.71. The Kier molecular flexibility index (Phi) is 8.10. The second kappa shape index (κ2) is 11.1. The molecule has 2 heterocycles. The molecule has 8 nitrogen and oxygen atoms in total. The van der Waals surface area contributed by atoms with E-state index in [1.54, 1.807) is 20.8 Å². The number of likely N-dealkylation sites (tertiary alicyclic amines) is 2. The molecule has 4 fully saturated rings. The lowest BCUT2D eigenvalue weighted by Crippen LogP contribution is -2.53. The molecule has 0 spiro atoms. The van der Waals surface area contributed by atoms with Crippen LogP contribution in [0.3, 0.4) is 0 Å². The number of hydrogen-bond donors (Lipinski definition) is 1. The Balaban J connectivity index is 1.32. The van der Waals surface area contributed by atoms with Crippen LogP contribution in [-0.4, -0.2) is 70.7 Å². The number of rotatable bonds is 6. The maximum absolute atomic E-state index is 16.0. The van der Waals surface area contributed by atoms with Gasteiger partial charge in [0.2, 0.25) is 11.8 Å². The second-order valence-corrected chi connectivity index (χ2v) is 13.8. The van der Waals surface area contributed by atoms with Crippen molar-refractivity contribution < 1.29 is 45.5 Å². The zero-order valence-electron chi connectivity index (χ0n) is 25.3. The monoisotopic (exact) mass is 642 g/mol. The van der Waals surface area contributed by atoms with E-state index in [0.29, 0.717) is 49.2 Å². The normalized spacial score (nSPS) is 24.5. The molecule has 0 aromatic heterocycles. The zero-order chi connectivity index (χ0) is 33.2. The summed E-state index contributed by atoms with van der Waals surface area (Å²) in [7, 11) is 0. The summed E-state index contributed by atoms with van der Waals surface area (Å²) in [6, 6.07) is 3.55. The highest BCUT2D eigenvalue weighted by Crippen LogP contribution is 2.59. The summed E-state index contributed by atoms with van der Waals surface area (Å²) in [5, 5.41) is 11.8. The Morgan fingerprint density at radius 3 is 2.13 bits per heavy atom. The summed E-state index contributed by atoms with van der Waals surface area (Å²) in [6.07, 6.45) is -5.65. The van der Waals surface area contributed by atoms with Crippen LogP contribution in [0, 0.1) is 28.5 Å². The lowest BCUT2D eigenvalue weighted by Gasteiger charge is -2.34. The lowest BCUT2D eigenvalue weighted by molar-refractivity contribution is -0.199. The van der Waals surface area contributed by atoms with E-state index in [0.717, 1.165) is 12.1 Å². The largest absolute Gasteiger partial charge is 0.444 e. The molecule has 1 N–H and O–H groups in total. The third-order valence-electron chi connectivity index (χ3n) is 9.38. The van der Waals surface area contributed by atoms with E-state index in [1.165, 1.54) is 11.0 Å². The molecule has 2 saturated heterocycles. The molecule has 2 aliphatic heterocycles. The number of alkyl halides is 5. The standard InChI is InChI=1S/C31H36F6N4O4/c1-27(2,3)45-26(44)40-12-6-18(7-13-40)19-4-5-21(22(32)14-19)30(33,34)20-15-23(24(42)39-28(17-38)8-9-28)41(16-20)25(43)29(10-11-29)31(35,36)37/h4-5,14,18,20,23H,6-13,15-16H2,1-3H3,(H,39,42)/t20?,23-/m0/s1. The Labute approximate surface area is 257 Å². The third-order valence-corrected chi connectivity index (χ3v) is 9.38. The van der Waals surface area contributed by atoms with Crippen LogP contribution in [0.5, 0.6) is 0 Å². The van der Waals surface area contributed by atoms with E-state index in [1.807, 2.05) is 6.07 Å². The van der Waals surface area contributed by atoms with Gasteiger partial charge in [-0.3, -0.25) is 9.59 Å². The van der Waals surface area contributed by atoms with Crippen LogP contribution in [0.1, 0.15) is 82.8 Å². The molecule has 2 aliphatic carbocycles. The summed E-state index contributed by atoms with van der Waals surface area (Å²) in [5.74, 6) is -9.64. The average Bonchev–Trinajstić information content (AvgIpc) is 3.87. The van der Waals surface area contributed by atoms with Gasteiger partial charge in [-0.05, 0) is 89.3 Å². The summed E-state index contributed by atoms with van der Waals surface area (Å²) in [6.45, 7) is 5.03. The number of nitrogens with zero attached hydrogens (tertiary/aromatic N) is 3. The van der Waals surface area contributed by atoms with Gasteiger partial charge in [0.15, 0.2) is 0 Å². The number of hydrogen-bond acceptors (Lipinski definition) is 5. The number of benzene rings is 1. The molecule has 1 aromatic rings. The van der Waals surface area contributed by atoms with Gasteiger partial charge in [0.05, 0.1) is 11.6 Å². The molecule has 1 aromatic carbocycles. The lowest BCUT2D eigenvalue weighted by atomic mass is 9.86. The predicted octanol–water partition coefficient (Wildman–Crippen LogP) is 5.76. The van der Waals surface area contributed by atoms with Crippen LogP contribution >= 0.6 is 0 Å². The Morgan fingerprint density at radius 2 is 1.64 bits per heavy atom. The second-order valence-electron chi connectivity index (χ2n) is 13.8. The summed E-state index contributed by atoms with van der Waals surface area (Å²) >= 11 is 0. The average molecular weight is 643 g/mol. The first-order valence-electron chi connectivity index (χ1n) is 15.1. The maximum Gasteiger partial charge on any atom is 0.410 e. The summed E-state index contributed by atoms with van der Waals surface area (Å²) < 4.78 is 94.1. The van der Waals surface area contributed by atoms with E-state index in [4.69, 9.17) is 4.74 Å². The fourth-order valence-electron chi connectivity index (χ4n) is 6.30. The van der Waals surface area contributed by atoms with Gasteiger partial charge in [-0.25, -0.2) is 18.0 Å². The number of amides is 3. The highest BCUT2D eigenvalue weighted by molar-refractivity contribution is 5.93. The molecule has 2 atom stereocenters. The molecule has 0 radical (unpaired) electrons. The topological polar surface area (TPSA) is 103 Å². The Morgan fingerprint density at radius 1 is 1.02 bits per heavy atom. The SMILES string of the molecule is CC(C)(C)OC(=O)N1CCC(c2ccc(C(F)(F)C3C[C@@H](C(=O)NC4(C#N)CC4)N(C(=O)C4(C(F)(F)F)CC4)C3)c(F)c2)CC1. The van der Waals surface area contributed by atoms with E-state index >= 15 is 13.2 Å². The fraction of sp³-hybridized carbons (Fsp3) is 0.677. The van der Waals surface area contributed by atoms with Crippen LogP contribution in [0.25, 0.3) is 0 Å². The molecule has 4 aliphatic rings. The molecule has 45 heavy (non-hydrogen) atoms. The third kappa shape index (κ3) is 6.31. The predicted molar refractivity (Wildman–Crippen MR) is 147 cm³/mol. The van der Waals surface area contributed by atoms with Crippen LogP contribution in [0.4, 0.5) is 31.1 Å². The molecule has 2 saturated carbocycles. The number of carbonyl (C=O) groups is 3. The van der Waals surface area contributed by atoms with Gasteiger partial charge in [0.25, 0.3) is 5.92 Å². The molecular formula is C31H36F6N4O4. The minimum Gasteiger partial charge on any atom is -0.444 e. The summed E-state index contributed by atoms with van der Waals surface area (Å²) in [4.78, 5) is 40.7. The molecule has 3 amide bonds. The van der Waals surface area contributed by atoms with Crippen molar-refractivity contribution in [2.45, 2.75) is 101 Å². The number of nitrogens with one attached hydrogen (secondary N) is 1. The van der Waals surface area contributed by atoms with E-state index in [2.05, 4.69) is 5.32 Å². The minimum absolute atomic E-state index is 0.208. The number of ether oxygens (including phenoxy) is 1. The van der Waals surface area contributed by atoms with E-state index in [-0.39, 0.29) is 5.92 Å². The fourth-order valence-corrected chi connectivity index (χ4v) is 6.30. The molecular weight excluding hydrogens is 606 g/mol. The van der Waals surface area contributed by atoms with Crippen molar-refractivity contribution in [2.75, 3.05) is 19.6 Å². The van der Waals surface area contributed by atoms with Crippen molar-refractivity contribution in [3.8, 4) is 6.07 Å². The molecule has 0 bridgehead atoms. The van der Waals surface area contributed by atoms with Gasteiger partial charge in [-0.15, -0.1) is 0 Å². The van der Waals surface area contributed by atoms with Gasteiger partial charge < -0.3 is 19.9 Å². The minimum atomic E-state index is -4.93. The van der Waals surface area contributed by atoms with Crippen LogP contribution in [-0.2, 0) is 20.2 Å². The molecule has 5 rings (SSSR count). The van der Waals surface area contributed by atoms with E-state index < -0.39 is 95.7 Å². The van der Waals surface area contributed by atoms with Gasteiger partial charge in [-0.1, -0.05) is 6.07 Å². The first-order valence-corrected chi connectivity index (χ1v) is 15.1. The van der Waals surface area contributed by atoms with Crippen molar-refractivity contribution in [1.82, 2.24) is 15.1 Å². The van der Waals surface area contributed by atoms with Gasteiger partial charge in [0, 0.05) is 25.6 Å². The van der Waals surface area contributed by atoms with Gasteiger partial charge in [0.1, 0.15) is 28.4 Å². The van der Waals surface area contributed by atoms with Gasteiger partial charge in [-0.2, -0.15) is 18.4 Å². The number of halogens is 6. The first kappa shape index (κ1) is 32.9. The number of nitriles is 1. The smallest absolute Gasteiger partial charge is 0.410 e. The van der Waals surface area contributed by atoms with Crippen LogP contribution in [0.2, 0.25) is 0 Å². The zero-order valence-corrected chi connectivity index (χ0v) is 25.3. The first-order chi connectivity index (χ1) is 20.8. The molecule has 1 unspecified atom stereocenters. The molecule has 246 valence electrons. The van der Waals surface area contributed by atoms with Crippen LogP contribution < -0.4 is 5.32 Å². The van der Waals surface area contributed by atoms with Crippen molar-refractivity contribution >= 4 is 17.9 Å². The quantitative estimate of drug-likeness (QED) is 0.398. The Hall–Kier alpha value is -3.50. The highest BCUT2D eigenvalue weighted by atomic mass is 19.4. The maximum atomic E-state index is 16.0. The van der Waals surface area contributed by atoms with Crippen molar-refractivity contribution in [1.29, 1.82) is 5.26 Å². The Bertz CT molecular complexity index is 1400. The van der Waals surface area contributed by atoms with E-state index in [9.17, 15) is 32.8 Å². The number of piperidine rings is 1. The molecule has 14 heteroatoms. The van der Waals surface area contributed by atoms with Crippen molar-refractivity contribution in [3.05, 3.63) is 35.1 Å². The summed E-state index contributed by atoms with van der Waals surface area (Å²) in [5.41, 5.74) is -5.17.